The number of hydrogen-bond donors (Lipinski definition) is 6. The number of imide groups is 1. The van der Waals surface area contributed by atoms with Gasteiger partial charge in [-0.1, -0.05) is 43.2 Å². The van der Waals surface area contributed by atoms with Crippen molar-refractivity contribution in [3.63, 3.8) is 0 Å². The van der Waals surface area contributed by atoms with Crippen molar-refractivity contribution in [3.8, 4) is 34.6 Å². The average molecular weight is 728 g/mol. The number of carbonyl (C=O) groups excluding carboxylic acids is 4. The Morgan fingerprint density at radius 3 is 2.53 bits per heavy atom. The van der Waals surface area contributed by atoms with Crippen LogP contribution in [0.25, 0.3) is 17.1 Å². The van der Waals surface area contributed by atoms with Gasteiger partial charge in [0.15, 0.2) is 5.82 Å². The Morgan fingerprint density at radius 1 is 1.06 bits per heavy atom. The van der Waals surface area contributed by atoms with Gasteiger partial charge in [-0.05, 0) is 59.7 Å². The lowest BCUT2D eigenvalue weighted by atomic mass is 9.98. The van der Waals surface area contributed by atoms with Crippen molar-refractivity contribution in [3.05, 3.63) is 76.9 Å². The molecule has 16 heteroatoms. The number of benzene rings is 3. The summed E-state index contributed by atoms with van der Waals surface area (Å²) in [6.07, 6.45) is -0.841. The molecule has 6 N–H and O–H groups in total. The third kappa shape index (κ3) is 7.78. The van der Waals surface area contributed by atoms with Crippen LogP contribution in [0.1, 0.15) is 67.5 Å². The molecule has 0 bridgehead atoms. The number of aliphatic hydroxyl groups excluding tert-OH is 1. The van der Waals surface area contributed by atoms with E-state index < -0.39 is 30.3 Å². The first-order chi connectivity index (χ1) is 25.3. The summed E-state index contributed by atoms with van der Waals surface area (Å²) >= 11 is 0. The summed E-state index contributed by atoms with van der Waals surface area (Å²) < 4.78 is 6.71. The molecule has 0 spiro atoms. The average Bonchev–Trinajstić information content (AvgIpc) is 3.66. The van der Waals surface area contributed by atoms with Crippen molar-refractivity contribution in [2.24, 2.45) is 0 Å². The number of aromatic hydroxyl groups is 3. The zero-order chi connectivity index (χ0) is 38.0. The number of phenolic OH excluding ortho intramolecular Hbond substituents is 2. The number of likely N-dealkylation sites (N-methyl/N-ethyl adjacent to an activating group) is 1. The molecule has 0 saturated carbocycles. The molecule has 278 valence electrons. The van der Waals surface area contributed by atoms with Crippen molar-refractivity contribution >= 4 is 29.5 Å². The first-order valence-corrected chi connectivity index (χ1v) is 17.2. The number of nitrogens with one attached hydrogen (secondary N) is 2. The molecule has 1 fully saturated rings. The predicted molar refractivity (Wildman–Crippen MR) is 190 cm³/mol. The fourth-order valence-corrected chi connectivity index (χ4v) is 6.60. The van der Waals surface area contributed by atoms with Crippen LogP contribution in [-0.4, -0.2) is 95.0 Å². The topological polar surface area (TPSA) is 220 Å². The highest BCUT2D eigenvalue weighted by atomic mass is 16.5. The lowest BCUT2D eigenvalue weighted by Crippen LogP contribution is -2.51. The number of fused-ring (bicyclic) bond motifs is 1. The second kappa shape index (κ2) is 15.3. The third-order valence-corrected chi connectivity index (χ3v) is 9.49. The number of anilines is 1. The molecule has 1 unspecified atom stereocenters. The Balaban J connectivity index is 0.990. The summed E-state index contributed by atoms with van der Waals surface area (Å²) in [6, 6.07) is 13.7. The van der Waals surface area contributed by atoms with E-state index >= 15 is 0 Å². The maximum absolute atomic E-state index is 13.0. The molecule has 6 rings (SSSR count). The zero-order valence-electron chi connectivity index (χ0n) is 29.4. The molecule has 2 aliphatic heterocycles. The highest BCUT2D eigenvalue weighted by molar-refractivity contribution is 6.00. The molecule has 2 aliphatic rings. The van der Waals surface area contributed by atoms with Crippen LogP contribution in [0.5, 0.6) is 17.5 Å². The summed E-state index contributed by atoms with van der Waals surface area (Å²) in [5, 5.41) is 55.1. The minimum atomic E-state index is -1.07. The van der Waals surface area contributed by atoms with Crippen molar-refractivity contribution in [1.82, 2.24) is 29.9 Å². The van der Waals surface area contributed by atoms with Gasteiger partial charge in [0.25, 0.3) is 0 Å². The molecule has 2 atom stereocenters. The number of nitrogens with zero attached hydrogens (tertiary/aromatic N) is 5. The smallest absolute Gasteiger partial charge is 0.411 e. The minimum Gasteiger partial charge on any atom is -0.508 e. The summed E-state index contributed by atoms with van der Waals surface area (Å²) in [5.74, 6) is -1.12. The molecule has 3 aromatic carbocycles. The molecule has 0 radical (unpaired) electrons. The SMILES string of the molecule is CC(C)c1cc(-c2nnc(O)n2-c2ccc(CC(=O)N(C)CCCOC(=O)Nc3cccc4c3CN([C@@H]3CCC(=O)NC3=O)C4O)cc2)c(O)cc1O. The van der Waals surface area contributed by atoms with Gasteiger partial charge < -0.3 is 30.1 Å². The quantitative estimate of drug-likeness (QED) is 0.0967. The van der Waals surface area contributed by atoms with Crippen LogP contribution in [0.2, 0.25) is 0 Å². The second-order valence-corrected chi connectivity index (χ2v) is 13.4. The van der Waals surface area contributed by atoms with Gasteiger partial charge in [0.05, 0.1) is 30.3 Å². The standard InChI is InChI=1S/C37H41N7O9/c1-20(2)24-17-25(30(46)18-29(24)45)33-40-41-36(51)44(33)22-10-8-21(9-11-22)16-32(48)42(3)14-5-15-53-37(52)38-27-7-4-6-23-26(27)19-43(35(23)50)28-12-13-31(47)39-34(28)49/h4,6-11,17-18,20,28,35,45-46,50H,5,12-16,19H2,1-3H3,(H,38,52)(H,41,51)(H,39,47,49)/t28-,35?/m1/s1. The molecule has 4 aromatic rings. The molecular formula is C37H41N7O9. The van der Waals surface area contributed by atoms with Crippen LogP contribution >= 0.6 is 0 Å². The van der Waals surface area contributed by atoms with E-state index in [-0.39, 0.29) is 73.0 Å². The number of rotatable bonds is 11. The molecule has 3 heterocycles. The summed E-state index contributed by atoms with van der Waals surface area (Å²) in [6.45, 7) is 4.36. The number of amides is 4. The van der Waals surface area contributed by atoms with E-state index in [9.17, 15) is 39.6 Å². The zero-order valence-corrected chi connectivity index (χ0v) is 29.4. The number of ether oxygens (including phenoxy) is 1. The molecule has 16 nitrogen and oxygen atoms in total. The van der Waals surface area contributed by atoms with Crippen molar-refractivity contribution in [2.75, 3.05) is 25.5 Å². The van der Waals surface area contributed by atoms with Crippen LogP contribution in [0, 0.1) is 0 Å². The van der Waals surface area contributed by atoms with Gasteiger partial charge in [-0.15, -0.1) is 5.10 Å². The van der Waals surface area contributed by atoms with Crippen LogP contribution in [0.4, 0.5) is 10.5 Å². The molecule has 0 aliphatic carbocycles. The number of aromatic nitrogens is 3. The summed E-state index contributed by atoms with van der Waals surface area (Å²) in [4.78, 5) is 52.7. The first kappa shape index (κ1) is 36.8. The highest BCUT2D eigenvalue weighted by Gasteiger charge is 2.40. The maximum Gasteiger partial charge on any atom is 0.411 e. The molecule has 1 saturated heterocycles. The molecule has 53 heavy (non-hydrogen) atoms. The van der Waals surface area contributed by atoms with Crippen molar-refractivity contribution in [1.29, 1.82) is 0 Å². The summed E-state index contributed by atoms with van der Waals surface area (Å²) in [5.41, 5.74) is 3.72. The lowest BCUT2D eigenvalue weighted by Gasteiger charge is -2.31. The molecule has 4 amide bonds. The highest BCUT2D eigenvalue weighted by Crippen LogP contribution is 2.40. The van der Waals surface area contributed by atoms with Crippen LogP contribution in [0.15, 0.2) is 54.6 Å². The number of aliphatic hydroxyl groups is 1. The number of piperidine rings is 1. The van der Waals surface area contributed by atoms with E-state index in [2.05, 4.69) is 20.8 Å². The maximum atomic E-state index is 13.0. The number of phenols is 2. The Kier molecular flexibility index (Phi) is 10.6. The van der Waals surface area contributed by atoms with Gasteiger partial charge in [-0.2, -0.15) is 0 Å². The number of carbonyl (C=O) groups is 4. The van der Waals surface area contributed by atoms with E-state index in [0.717, 1.165) is 0 Å². The van der Waals surface area contributed by atoms with E-state index in [1.54, 1.807) is 60.5 Å². The van der Waals surface area contributed by atoms with Crippen molar-refractivity contribution in [2.45, 2.75) is 64.3 Å². The van der Waals surface area contributed by atoms with Gasteiger partial charge in [0.2, 0.25) is 17.7 Å². The Bertz CT molecular complexity index is 2050. The van der Waals surface area contributed by atoms with Gasteiger partial charge in [-0.25, -0.2) is 9.36 Å². The fourth-order valence-electron chi connectivity index (χ4n) is 6.60. The largest absolute Gasteiger partial charge is 0.508 e. The lowest BCUT2D eigenvalue weighted by molar-refractivity contribution is -0.141. The summed E-state index contributed by atoms with van der Waals surface area (Å²) in [7, 11) is 1.65. The van der Waals surface area contributed by atoms with E-state index in [0.29, 0.717) is 46.6 Å². The fraction of sp³-hybridized carbons (Fsp3) is 0.351. The van der Waals surface area contributed by atoms with Crippen LogP contribution < -0.4 is 10.6 Å². The molecular weight excluding hydrogens is 686 g/mol. The Morgan fingerprint density at radius 2 is 1.81 bits per heavy atom. The van der Waals surface area contributed by atoms with E-state index in [1.165, 1.54) is 15.5 Å². The Hall–Kier alpha value is -6.00. The third-order valence-electron chi connectivity index (χ3n) is 9.49. The first-order valence-electron chi connectivity index (χ1n) is 17.2. The van der Waals surface area contributed by atoms with Gasteiger partial charge in [0, 0.05) is 43.9 Å². The van der Waals surface area contributed by atoms with E-state index in [4.69, 9.17) is 4.74 Å². The van der Waals surface area contributed by atoms with Crippen LogP contribution in [-0.2, 0) is 32.1 Å². The number of hydrogen-bond acceptors (Lipinski definition) is 12. The van der Waals surface area contributed by atoms with Gasteiger partial charge in [0.1, 0.15) is 17.7 Å². The van der Waals surface area contributed by atoms with E-state index in [1.807, 2.05) is 13.8 Å². The monoisotopic (exact) mass is 727 g/mol. The molecule has 1 aromatic heterocycles. The normalized spacial score (nSPS) is 17.1. The van der Waals surface area contributed by atoms with Crippen molar-refractivity contribution < 1.29 is 44.3 Å². The Labute approximate surface area is 304 Å². The van der Waals surface area contributed by atoms with Gasteiger partial charge in [-0.3, -0.25) is 29.9 Å². The van der Waals surface area contributed by atoms with Gasteiger partial charge >= 0.3 is 12.1 Å². The van der Waals surface area contributed by atoms with Crippen LogP contribution in [0.3, 0.4) is 0 Å². The predicted octanol–water partition coefficient (Wildman–Crippen LogP) is 3.43. The minimum absolute atomic E-state index is 0.0399. The second-order valence-electron chi connectivity index (χ2n) is 13.4.